The van der Waals surface area contributed by atoms with Gasteiger partial charge in [0.15, 0.2) is 0 Å². The van der Waals surface area contributed by atoms with Crippen molar-refractivity contribution < 1.29 is 23.9 Å². The zero-order valence-corrected chi connectivity index (χ0v) is 22.2. The number of rotatable bonds is 10. The molecule has 0 aliphatic heterocycles. The molecule has 0 saturated heterocycles. The summed E-state index contributed by atoms with van der Waals surface area (Å²) in [4.78, 5) is 52.7. The predicted molar refractivity (Wildman–Crippen MR) is 138 cm³/mol. The van der Waals surface area contributed by atoms with Crippen molar-refractivity contribution in [3.8, 4) is 6.07 Å². The molecule has 0 spiro atoms. The topological polar surface area (TPSA) is 155 Å². The Morgan fingerprint density at radius 3 is 2.38 bits per heavy atom. The molecule has 202 valence electrons. The van der Waals surface area contributed by atoms with Crippen LogP contribution in [0.4, 0.5) is 4.79 Å². The SMILES string of the molecule is Cc1ccccc1C(C(=O)NC1CCCCC1)N(CC#N)C(=O)C(CCC(N)=O)NC(=O)OC(C)(C)C. The van der Waals surface area contributed by atoms with E-state index in [0.29, 0.717) is 5.56 Å². The zero-order valence-electron chi connectivity index (χ0n) is 22.2. The number of nitrogens with one attached hydrogen (secondary N) is 2. The van der Waals surface area contributed by atoms with Crippen LogP contribution >= 0.6 is 0 Å². The van der Waals surface area contributed by atoms with Gasteiger partial charge in [-0.15, -0.1) is 0 Å². The van der Waals surface area contributed by atoms with Gasteiger partial charge in [-0.25, -0.2) is 4.79 Å². The van der Waals surface area contributed by atoms with Crippen LogP contribution < -0.4 is 16.4 Å². The Kier molecular flexibility index (Phi) is 10.9. The zero-order chi connectivity index (χ0) is 27.6. The number of alkyl carbamates (subject to hydrolysis) is 1. The smallest absolute Gasteiger partial charge is 0.408 e. The molecule has 1 aliphatic carbocycles. The molecule has 0 heterocycles. The summed E-state index contributed by atoms with van der Waals surface area (Å²) >= 11 is 0. The fourth-order valence-corrected chi connectivity index (χ4v) is 4.44. The lowest BCUT2D eigenvalue weighted by molar-refractivity contribution is -0.142. The molecular formula is C27H39N5O5. The second-order valence-corrected chi connectivity index (χ2v) is 10.4. The minimum Gasteiger partial charge on any atom is -0.444 e. The molecule has 1 aliphatic rings. The predicted octanol–water partition coefficient (Wildman–Crippen LogP) is 3.00. The monoisotopic (exact) mass is 513 g/mol. The van der Waals surface area contributed by atoms with Gasteiger partial charge in [0.05, 0.1) is 6.07 Å². The highest BCUT2D eigenvalue weighted by atomic mass is 16.6. The molecule has 37 heavy (non-hydrogen) atoms. The second kappa shape index (κ2) is 13.6. The molecule has 1 saturated carbocycles. The van der Waals surface area contributed by atoms with Gasteiger partial charge < -0.3 is 26.0 Å². The first-order valence-electron chi connectivity index (χ1n) is 12.7. The number of nitriles is 1. The summed E-state index contributed by atoms with van der Waals surface area (Å²) in [6.45, 7) is 6.46. The molecule has 2 rings (SSSR count). The van der Waals surface area contributed by atoms with E-state index in [2.05, 4.69) is 10.6 Å². The van der Waals surface area contributed by atoms with Gasteiger partial charge in [0.2, 0.25) is 17.7 Å². The summed E-state index contributed by atoms with van der Waals surface area (Å²) in [5.74, 6) is -1.72. The van der Waals surface area contributed by atoms with Crippen LogP contribution in [0.15, 0.2) is 24.3 Å². The second-order valence-electron chi connectivity index (χ2n) is 10.4. The van der Waals surface area contributed by atoms with E-state index in [9.17, 15) is 24.4 Å². The lowest BCUT2D eigenvalue weighted by Crippen LogP contribution is -2.54. The van der Waals surface area contributed by atoms with Gasteiger partial charge in [0.25, 0.3) is 0 Å². The molecule has 4 amide bonds. The van der Waals surface area contributed by atoms with Crippen molar-refractivity contribution in [1.82, 2.24) is 15.5 Å². The molecule has 1 aromatic rings. The number of carbonyl (C=O) groups is 4. The van der Waals surface area contributed by atoms with Gasteiger partial charge in [-0.1, -0.05) is 43.5 Å². The number of primary amides is 1. The Morgan fingerprint density at radius 2 is 1.81 bits per heavy atom. The van der Waals surface area contributed by atoms with Gasteiger partial charge in [-0.2, -0.15) is 5.26 Å². The molecule has 0 aromatic heterocycles. The van der Waals surface area contributed by atoms with E-state index in [4.69, 9.17) is 10.5 Å². The highest BCUT2D eigenvalue weighted by Gasteiger charge is 2.37. The van der Waals surface area contributed by atoms with E-state index in [0.717, 1.165) is 42.6 Å². The first-order valence-corrected chi connectivity index (χ1v) is 12.7. The molecule has 4 N–H and O–H groups in total. The van der Waals surface area contributed by atoms with E-state index in [-0.39, 0.29) is 18.9 Å². The number of ether oxygens (including phenoxy) is 1. The first kappa shape index (κ1) is 29.6. The molecular weight excluding hydrogens is 474 g/mol. The Morgan fingerprint density at radius 1 is 1.16 bits per heavy atom. The van der Waals surface area contributed by atoms with Crippen molar-refractivity contribution in [1.29, 1.82) is 5.26 Å². The van der Waals surface area contributed by atoms with Crippen molar-refractivity contribution in [2.75, 3.05) is 6.54 Å². The van der Waals surface area contributed by atoms with Crippen molar-refractivity contribution in [3.63, 3.8) is 0 Å². The number of nitrogens with two attached hydrogens (primary N) is 1. The summed E-state index contributed by atoms with van der Waals surface area (Å²) in [5, 5.41) is 15.2. The molecule has 0 bridgehead atoms. The number of carbonyl (C=O) groups excluding carboxylic acids is 4. The van der Waals surface area contributed by atoms with Crippen LogP contribution in [0, 0.1) is 18.3 Å². The van der Waals surface area contributed by atoms with E-state index >= 15 is 0 Å². The molecule has 2 atom stereocenters. The van der Waals surface area contributed by atoms with Crippen molar-refractivity contribution in [3.05, 3.63) is 35.4 Å². The highest BCUT2D eigenvalue weighted by Crippen LogP contribution is 2.27. The van der Waals surface area contributed by atoms with Gasteiger partial charge in [0, 0.05) is 12.5 Å². The molecule has 10 nitrogen and oxygen atoms in total. The number of amides is 4. The van der Waals surface area contributed by atoms with Crippen LogP contribution in [-0.4, -0.2) is 52.9 Å². The van der Waals surface area contributed by atoms with Crippen LogP contribution in [0.1, 0.15) is 82.9 Å². The third kappa shape index (κ3) is 9.41. The minimum absolute atomic E-state index is 0.0163. The Balaban J connectivity index is 2.44. The van der Waals surface area contributed by atoms with Crippen LogP contribution in [0.25, 0.3) is 0 Å². The maximum Gasteiger partial charge on any atom is 0.408 e. The van der Waals surface area contributed by atoms with Crippen molar-refractivity contribution in [2.45, 2.75) is 96.4 Å². The van der Waals surface area contributed by atoms with Crippen LogP contribution in [-0.2, 0) is 19.1 Å². The van der Waals surface area contributed by atoms with Crippen molar-refractivity contribution >= 4 is 23.8 Å². The van der Waals surface area contributed by atoms with Crippen LogP contribution in [0.5, 0.6) is 0 Å². The van der Waals surface area contributed by atoms with Crippen LogP contribution in [0.2, 0.25) is 0 Å². The number of benzene rings is 1. The largest absolute Gasteiger partial charge is 0.444 e. The van der Waals surface area contributed by atoms with E-state index in [1.54, 1.807) is 32.9 Å². The fraction of sp³-hybridized carbons (Fsp3) is 0.593. The third-order valence-corrected chi connectivity index (χ3v) is 6.19. The molecule has 2 unspecified atom stereocenters. The normalized spacial score (nSPS) is 15.5. The van der Waals surface area contributed by atoms with E-state index < -0.39 is 48.0 Å². The number of hydrogen-bond donors (Lipinski definition) is 3. The van der Waals surface area contributed by atoms with Gasteiger partial charge in [-0.3, -0.25) is 14.4 Å². The fourth-order valence-electron chi connectivity index (χ4n) is 4.44. The van der Waals surface area contributed by atoms with Gasteiger partial charge in [0.1, 0.15) is 24.2 Å². The maximum atomic E-state index is 13.8. The van der Waals surface area contributed by atoms with Gasteiger partial charge >= 0.3 is 6.09 Å². The van der Waals surface area contributed by atoms with Gasteiger partial charge in [-0.05, 0) is 58.1 Å². The minimum atomic E-state index is -1.23. The number of nitrogens with zero attached hydrogens (tertiary/aromatic N) is 2. The Hall–Kier alpha value is -3.61. The first-order chi connectivity index (χ1) is 17.4. The number of hydrogen-bond acceptors (Lipinski definition) is 6. The average Bonchev–Trinajstić information content (AvgIpc) is 2.81. The molecule has 1 fully saturated rings. The average molecular weight is 514 g/mol. The molecule has 0 radical (unpaired) electrons. The highest BCUT2D eigenvalue weighted by molar-refractivity contribution is 5.93. The summed E-state index contributed by atoms with van der Waals surface area (Å²) < 4.78 is 5.30. The van der Waals surface area contributed by atoms with E-state index in [1.165, 1.54) is 0 Å². The van der Waals surface area contributed by atoms with E-state index in [1.807, 2.05) is 25.1 Å². The maximum absolute atomic E-state index is 13.8. The van der Waals surface area contributed by atoms with Crippen LogP contribution in [0.3, 0.4) is 0 Å². The lowest BCUT2D eigenvalue weighted by atomic mass is 9.93. The quantitative estimate of drug-likeness (QED) is 0.409. The standard InChI is InChI=1S/C27H39N5O5/c1-18-10-8-9-13-20(18)23(24(34)30-19-11-6-5-7-12-19)32(17-16-28)25(35)21(14-15-22(29)33)31-26(36)37-27(2,3)4/h8-10,13,19,21,23H,5-7,11-12,14-15,17H2,1-4H3,(H2,29,33)(H,30,34)(H,31,36). The number of aryl methyl sites for hydroxylation is 1. The third-order valence-electron chi connectivity index (χ3n) is 6.19. The summed E-state index contributed by atoms with van der Waals surface area (Å²) in [7, 11) is 0. The molecule has 1 aromatic carbocycles. The molecule has 10 heteroatoms. The Bertz CT molecular complexity index is 1010. The summed E-state index contributed by atoms with van der Waals surface area (Å²) in [6.07, 6.45) is 3.68. The summed E-state index contributed by atoms with van der Waals surface area (Å²) in [5.41, 5.74) is 5.83. The lowest BCUT2D eigenvalue weighted by Gasteiger charge is -2.35. The summed E-state index contributed by atoms with van der Waals surface area (Å²) in [6, 6.07) is 6.79. The Labute approximate surface area is 218 Å². The van der Waals surface area contributed by atoms with Crippen molar-refractivity contribution in [2.24, 2.45) is 5.73 Å².